The summed E-state index contributed by atoms with van der Waals surface area (Å²) < 4.78 is 6.50. The van der Waals surface area contributed by atoms with Gasteiger partial charge in [-0.2, -0.15) is 5.26 Å². The summed E-state index contributed by atoms with van der Waals surface area (Å²) in [7, 11) is 0. The van der Waals surface area contributed by atoms with Gasteiger partial charge in [0.25, 0.3) is 0 Å². The van der Waals surface area contributed by atoms with E-state index in [0.29, 0.717) is 5.76 Å². The molecule has 0 aliphatic heterocycles. The first kappa shape index (κ1) is 11.2. The summed E-state index contributed by atoms with van der Waals surface area (Å²) in [4.78, 5) is 0. The number of halogens is 1. The summed E-state index contributed by atoms with van der Waals surface area (Å²) in [5.41, 5.74) is 2.98. The largest absolute Gasteiger partial charge is 0.444 e. The van der Waals surface area contributed by atoms with Gasteiger partial charge >= 0.3 is 0 Å². The Hall–Kier alpha value is -1.27. The highest BCUT2D eigenvalue weighted by atomic mass is 79.9. The van der Waals surface area contributed by atoms with Crippen LogP contribution in [0.1, 0.15) is 30.2 Å². The number of fused-ring (bicyclic) bond motifs is 1. The molecule has 16 heavy (non-hydrogen) atoms. The lowest BCUT2D eigenvalue weighted by Gasteiger charge is -1.98. The molecule has 1 aromatic carbocycles. The Balaban J connectivity index is 2.80. The van der Waals surface area contributed by atoms with E-state index < -0.39 is 0 Å². The molecule has 1 aromatic heterocycles. The molecule has 2 aromatic rings. The van der Waals surface area contributed by atoms with Gasteiger partial charge in [0, 0.05) is 10.9 Å². The Morgan fingerprint density at radius 1 is 1.44 bits per heavy atom. The summed E-state index contributed by atoms with van der Waals surface area (Å²) in [6.45, 7) is 4.14. The van der Waals surface area contributed by atoms with Crippen molar-refractivity contribution in [1.82, 2.24) is 0 Å². The molecule has 2 nitrogen and oxygen atoms in total. The summed E-state index contributed by atoms with van der Waals surface area (Å²) in [5, 5.41) is 10.1. The van der Waals surface area contributed by atoms with Crippen LogP contribution in [0, 0.1) is 18.3 Å². The van der Waals surface area contributed by atoms with Gasteiger partial charge in [0.05, 0.1) is 4.47 Å². The average Bonchev–Trinajstić information content (AvgIpc) is 2.58. The summed E-state index contributed by atoms with van der Waals surface area (Å²) in [5.74, 6) is 0.447. The number of benzene rings is 1. The zero-order valence-corrected chi connectivity index (χ0v) is 10.9. The molecule has 0 radical (unpaired) electrons. The van der Waals surface area contributed by atoms with Crippen molar-refractivity contribution >= 4 is 26.9 Å². The third-order valence-corrected chi connectivity index (χ3v) is 3.18. The van der Waals surface area contributed by atoms with Gasteiger partial charge in [-0.3, -0.25) is 0 Å². The van der Waals surface area contributed by atoms with Gasteiger partial charge in [0.1, 0.15) is 11.7 Å². The van der Waals surface area contributed by atoms with Crippen LogP contribution in [0.4, 0.5) is 0 Å². The second kappa shape index (κ2) is 4.31. The van der Waals surface area contributed by atoms with Crippen LogP contribution in [0.25, 0.3) is 11.0 Å². The van der Waals surface area contributed by atoms with Crippen molar-refractivity contribution in [1.29, 1.82) is 5.26 Å². The van der Waals surface area contributed by atoms with Crippen LogP contribution in [0.2, 0.25) is 0 Å². The molecule has 0 saturated carbocycles. The van der Waals surface area contributed by atoms with Gasteiger partial charge in [-0.25, -0.2) is 0 Å². The van der Waals surface area contributed by atoms with Gasteiger partial charge in [-0.15, -0.1) is 0 Å². The molecule has 0 N–H and O–H groups in total. The number of hydrogen-bond acceptors (Lipinski definition) is 2. The Bertz CT molecular complexity index is 578. The van der Waals surface area contributed by atoms with E-state index in [4.69, 9.17) is 9.68 Å². The van der Waals surface area contributed by atoms with Crippen LogP contribution >= 0.6 is 15.9 Å². The van der Waals surface area contributed by atoms with Gasteiger partial charge in [0.2, 0.25) is 5.76 Å². The maximum absolute atomic E-state index is 9.05. The van der Waals surface area contributed by atoms with Gasteiger partial charge in [-0.1, -0.05) is 13.3 Å². The monoisotopic (exact) mass is 277 g/mol. The molecule has 0 aliphatic carbocycles. The van der Waals surface area contributed by atoms with Crippen LogP contribution in [-0.4, -0.2) is 0 Å². The summed E-state index contributed by atoms with van der Waals surface area (Å²) in [6, 6.07) is 6.21. The molecule has 0 atom stereocenters. The molecule has 1 heterocycles. The predicted octanol–water partition coefficient (Wildman–Crippen LogP) is 4.33. The Morgan fingerprint density at radius 3 is 2.81 bits per heavy atom. The first-order chi connectivity index (χ1) is 7.67. The molecule has 0 fully saturated rings. The Kier molecular flexibility index (Phi) is 3.02. The van der Waals surface area contributed by atoms with E-state index in [9.17, 15) is 0 Å². The average molecular weight is 278 g/mol. The van der Waals surface area contributed by atoms with Crippen molar-refractivity contribution in [2.24, 2.45) is 0 Å². The molecule has 0 aliphatic rings. The molecular formula is C13H12BrNO. The Morgan fingerprint density at radius 2 is 2.19 bits per heavy atom. The van der Waals surface area contributed by atoms with Crippen molar-refractivity contribution in [2.45, 2.75) is 26.7 Å². The van der Waals surface area contributed by atoms with Gasteiger partial charge < -0.3 is 4.42 Å². The number of nitriles is 1. The fraction of sp³-hybridized carbons (Fsp3) is 0.308. The second-order valence-corrected chi connectivity index (χ2v) is 4.75. The summed E-state index contributed by atoms with van der Waals surface area (Å²) >= 11 is 3.47. The molecule has 0 amide bonds. The smallest absolute Gasteiger partial charge is 0.208 e. The summed E-state index contributed by atoms with van der Waals surface area (Å²) in [6.07, 6.45) is 1.89. The van der Waals surface area contributed by atoms with Crippen molar-refractivity contribution < 1.29 is 4.42 Å². The van der Waals surface area contributed by atoms with E-state index in [-0.39, 0.29) is 0 Å². The molecule has 3 heteroatoms. The maximum Gasteiger partial charge on any atom is 0.208 e. The van der Waals surface area contributed by atoms with E-state index in [1.807, 2.05) is 13.0 Å². The van der Waals surface area contributed by atoms with Gasteiger partial charge in [0.15, 0.2) is 0 Å². The topological polar surface area (TPSA) is 36.9 Å². The highest BCUT2D eigenvalue weighted by Crippen LogP contribution is 2.33. The van der Waals surface area contributed by atoms with Crippen LogP contribution < -0.4 is 0 Å². The minimum Gasteiger partial charge on any atom is -0.444 e. The van der Waals surface area contributed by atoms with E-state index >= 15 is 0 Å². The quantitative estimate of drug-likeness (QED) is 0.819. The van der Waals surface area contributed by atoms with Crippen molar-refractivity contribution in [3.63, 3.8) is 0 Å². The highest BCUT2D eigenvalue weighted by Gasteiger charge is 2.15. The number of furan rings is 1. The van der Waals surface area contributed by atoms with Crippen LogP contribution in [-0.2, 0) is 6.42 Å². The van der Waals surface area contributed by atoms with E-state index in [1.165, 1.54) is 5.56 Å². The second-order valence-electron chi connectivity index (χ2n) is 3.89. The van der Waals surface area contributed by atoms with Crippen LogP contribution in [0.3, 0.4) is 0 Å². The molecule has 82 valence electrons. The van der Waals surface area contributed by atoms with E-state index in [1.54, 1.807) is 0 Å². The van der Waals surface area contributed by atoms with Crippen LogP contribution in [0.5, 0.6) is 0 Å². The fourth-order valence-electron chi connectivity index (χ4n) is 1.93. The fourth-order valence-corrected chi connectivity index (χ4v) is 2.59. The number of rotatable bonds is 2. The molecule has 0 unspecified atom stereocenters. The van der Waals surface area contributed by atoms with Gasteiger partial charge in [-0.05, 0) is 47.0 Å². The maximum atomic E-state index is 9.05. The predicted molar refractivity (Wildman–Crippen MR) is 67.4 cm³/mol. The number of aryl methyl sites for hydroxylation is 2. The number of nitrogens with zero attached hydrogens (tertiary/aromatic N) is 1. The molecule has 0 bridgehead atoms. The zero-order chi connectivity index (χ0) is 11.7. The molecule has 0 spiro atoms. The normalized spacial score (nSPS) is 10.6. The lowest BCUT2D eigenvalue weighted by Crippen LogP contribution is -1.85. The molecule has 2 rings (SSSR count). The number of hydrogen-bond donors (Lipinski definition) is 0. The highest BCUT2D eigenvalue weighted by molar-refractivity contribution is 9.10. The van der Waals surface area contributed by atoms with E-state index in [2.05, 4.69) is 35.0 Å². The SMILES string of the molecule is CCCc1c(C#N)oc2c(Br)cc(C)cc12. The molecule has 0 saturated heterocycles. The van der Waals surface area contributed by atoms with Crippen molar-refractivity contribution in [2.75, 3.05) is 0 Å². The first-order valence-corrected chi connectivity index (χ1v) is 6.08. The third kappa shape index (κ3) is 1.74. The van der Waals surface area contributed by atoms with E-state index in [0.717, 1.165) is 33.8 Å². The minimum absolute atomic E-state index is 0.447. The molecular weight excluding hydrogens is 266 g/mol. The van der Waals surface area contributed by atoms with Crippen molar-refractivity contribution in [3.8, 4) is 6.07 Å². The Labute approximate surface area is 103 Å². The third-order valence-electron chi connectivity index (χ3n) is 2.59. The van der Waals surface area contributed by atoms with Crippen LogP contribution in [0.15, 0.2) is 21.0 Å². The first-order valence-electron chi connectivity index (χ1n) is 5.29. The minimum atomic E-state index is 0.447. The zero-order valence-electron chi connectivity index (χ0n) is 9.30. The van der Waals surface area contributed by atoms with Crippen molar-refractivity contribution in [3.05, 3.63) is 33.5 Å². The lowest BCUT2D eigenvalue weighted by molar-refractivity contribution is 0.591. The lowest BCUT2D eigenvalue weighted by atomic mass is 10.0. The standard InChI is InChI=1S/C13H12BrNO/c1-3-4-9-10-5-8(2)6-11(14)13(10)16-12(9)7-15/h5-6H,3-4H2,1-2H3.